The number of hydrogen-bond acceptors (Lipinski definition) is 3. The van der Waals surface area contributed by atoms with E-state index in [1.807, 2.05) is 30.8 Å². The molecule has 3 nitrogen and oxygen atoms in total. The summed E-state index contributed by atoms with van der Waals surface area (Å²) in [5.41, 5.74) is 2.56. The molecule has 0 amide bonds. The van der Waals surface area contributed by atoms with E-state index in [-0.39, 0.29) is 5.38 Å². The second-order valence-electron chi connectivity index (χ2n) is 4.90. The summed E-state index contributed by atoms with van der Waals surface area (Å²) in [6.45, 7) is 4.12. The number of aromatic nitrogens is 2. The third-order valence-corrected chi connectivity index (χ3v) is 4.22. The number of benzene rings is 1. The van der Waals surface area contributed by atoms with E-state index >= 15 is 0 Å². The average molecular weight is 308 g/mol. The zero-order valence-electron chi connectivity index (χ0n) is 11.9. The molecule has 20 heavy (non-hydrogen) atoms. The van der Waals surface area contributed by atoms with E-state index in [2.05, 4.69) is 28.8 Å². The van der Waals surface area contributed by atoms with Gasteiger partial charge in [0, 0.05) is 6.04 Å². The third-order valence-electron chi connectivity index (χ3n) is 3.38. The second kappa shape index (κ2) is 6.51. The number of halogens is 1. The van der Waals surface area contributed by atoms with E-state index < -0.39 is 0 Å². The standard InChI is InChI=1S/C15H18ClN3S/c1-10(6-7-20-3)19-14-8-12(9-17)4-5-13(14)18-15(19)11(2)16/h4-5,8,10-11H,6-7H2,1-3H3. The first-order chi connectivity index (χ1) is 9.58. The molecule has 0 saturated carbocycles. The van der Waals surface area contributed by atoms with Gasteiger partial charge < -0.3 is 4.57 Å². The summed E-state index contributed by atoms with van der Waals surface area (Å²) in [7, 11) is 0. The fourth-order valence-corrected chi connectivity index (χ4v) is 3.07. The molecule has 5 heteroatoms. The van der Waals surface area contributed by atoms with Crippen molar-refractivity contribution in [1.82, 2.24) is 9.55 Å². The zero-order valence-corrected chi connectivity index (χ0v) is 13.5. The SMILES string of the molecule is CSCCC(C)n1c(C(C)Cl)nc2ccc(C#N)cc21. The minimum Gasteiger partial charge on any atom is -0.324 e. The van der Waals surface area contributed by atoms with Crippen molar-refractivity contribution in [2.24, 2.45) is 0 Å². The van der Waals surface area contributed by atoms with Gasteiger partial charge in [-0.2, -0.15) is 17.0 Å². The number of fused-ring (bicyclic) bond motifs is 1. The molecule has 0 aliphatic carbocycles. The molecule has 0 spiro atoms. The fraction of sp³-hybridized carbons (Fsp3) is 0.467. The Bertz CT molecular complexity index is 642. The van der Waals surface area contributed by atoms with Gasteiger partial charge in [0.2, 0.25) is 0 Å². The predicted molar refractivity (Wildman–Crippen MR) is 86.4 cm³/mol. The van der Waals surface area contributed by atoms with Crippen molar-refractivity contribution in [2.45, 2.75) is 31.7 Å². The second-order valence-corrected chi connectivity index (χ2v) is 6.54. The lowest BCUT2D eigenvalue weighted by Gasteiger charge is -2.18. The van der Waals surface area contributed by atoms with Crippen LogP contribution in [-0.4, -0.2) is 21.6 Å². The Morgan fingerprint density at radius 2 is 2.20 bits per heavy atom. The Kier molecular flexibility index (Phi) is 4.95. The Labute approximate surface area is 128 Å². The molecule has 106 valence electrons. The first kappa shape index (κ1) is 15.2. The molecule has 0 radical (unpaired) electrons. The summed E-state index contributed by atoms with van der Waals surface area (Å²) < 4.78 is 2.18. The lowest BCUT2D eigenvalue weighted by atomic mass is 10.2. The number of hydrogen-bond donors (Lipinski definition) is 0. The van der Waals surface area contributed by atoms with Crippen LogP contribution in [0.5, 0.6) is 0 Å². The molecule has 2 unspecified atom stereocenters. The van der Waals surface area contributed by atoms with Crippen molar-refractivity contribution in [2.75, 3.05) is 12.0 Å². The quantitative estimate of drug-likeness (QED) is 0.762. The van der Waals surface area contributed by atoms with Crippen LogP contribution < -0.4 is 0 Å². The van der Waals surface area contributed by atoms with Crippen LogP contribution in [0.2, 0.25) is 0 Å². The van der Waals surface area contributed by atoms with Gasteiger partial charge in [0.05, 0.1) is 28.0 Å². The Morgan fingerprint density at radius 1 is 1.45 bits per heavy atom. The lowest BCUT2D eigenvalue weighted by Crippen LogP contribution is -2.10. The molecule has 2 aromatic rings. The van der Waals surface area contributed by atoms with Crippen LogP contribution in [0.1, 0.15) is 43.1 Å². The first-order valence-electron chi connectivity index (χ1n) is 6.63. The highest BCUT2D eigenvalue weighted by atomic mass is 35.5. The van der Waals surface area contributed by atoms with E-state index in [4.69, 9.17) is 16.9 Å². The molecular formula is C15H18ClN3S. The highest BCUT2D eigenvalue weighted by Gasteiger charge is 2.19. The molecular weight excluding hydrogens is 290 g/mol. The van der Waals surface area contributed by atoms with Crippen molar-refractivity contribution in [3.8, 4) is 6.07 Å². The fourth-order valence-electron chi connectivity index (χ4n) is 2.34. The monoisotopic (exact) mass is 307 g/mol. The van der Waals surface area contributed by atoms with Gasteiger partial charge in [-0.05, 0) is 50.5 Å². The highest BCUT2D eigenvalue weighted by molar-refractivity contribution is 7.98. The molecule has 1 aromatic carbocycles. The van der Waals surface area contributed by atoms with E-state index in [1.54, 1.807) is 6.07 Å². The van der Waals surface area contributed by atoms with Crippen molar-refractivity contribution in [1.29, 1.82) is 5.26 Å². The largest absolute Gasteiger partial charge is 0.324 e. The molecule has 2 rings (SSSR count). The summed E-state index contributed by atoms with van der Waals surface area (Å²) in [6.07, 6.45) is 3.16. The summed E-state index contributed by atoms with van der Waals surface area (Å²) in [5, 5.41) is 8.93. The normalized spacial score (nSPS) is 14.2. The molecule has 0 bridgehead atoms. The van der Waals surface area contributed by atoms with Crippen LogP contribution in [0.25, 0.3) is 11.0 Å². The Balaban J connectivity index is 2.57. The number of nitrogens with zero attached hydrogens (tertiary/aromatic N) is 3. The van der Waals surface area contributed by atoms with Crippen LogP contribution in [0.4, 0.5) is 0 Å². The molecule has 0 aliphatic rings. The lowest BCUT2D eigenvalue weighted by molar-refractivity contribution is 0.526. The van der Waals surface area contributed by atoms with Crippen LogP contribution in [-0.2, 0) is 0 Å². The van der Waals surface area contributed by atoms with E-state index in [0.717, 1.165) is 29.0 Å². The minimum absolute atomic E-state index is 0.148. The van der Waals surface area contributed by atoms with Gasteiger partial charge >= 0.3 is 0 Å². The summed E-state index contributed by atoms with van der Waals surface area (Å²) >= 11 is 8.11. The third kappa shape index (κ3) is 2.94. The molecule has 0 fully saturated rings. The van der Waals surface area contributed by atoms with Crippen molar-refractivity contribution in [3.05, 3.63) is 29.6 Å². The van der Waals surface area contributed by atoms with E-state index in [9.17, 15) is 0 Å². The predicted octanol–water partition coefficient (Wildman–Crippen LogP) is 4.52. The molecule has 0 saturated heterocycles. The van der Waals surface area contributed by atoms with Crippen molar-refractivity contribution < 1.29 is 0 Å². The van der Waals surface area contributed by atoms with Crippen molar-refractivity contribution in [3.63, 3.8) is 0 Å². The van der Waals surface area contributed by atoms with E-state index in [1.165, 1.54) is 0 Å². The van der Waals surface area contributed by atoms with E-state index in [0.29, 0.717) is 11.6 Å². The molecule has 1 heterocycles. The maximum Gasteiger partial charge on any atom is 0.127 e. The number of alkyl halides is 1. The smallest absolute Gasteiger partial charge is 0.127 e. The number of thioether (sulfide) groups is 1. The Morgan fingerprint density at radius 3 is 2.80 bits per heavy atom. The summed E-state index contributed by atoms with van der Waals surface area (Å²) in [4.78, 5) is 4.63. The van der Waals surface area contributed by atoms with Gasteiger partial charge in [0.1, 0.15) is 5.82 Å². The van der Waals surface area contributed by atoms with Crippen LogP contribution in [0.15, 0.2) is 18.2 Å². The van der Waals surface area contributed by atoms with Crippen molar-refractivity contribution >= 4 is 34.4 Å². The molecule has 0 N–H and O–H groups in total. The van der Waals surface area contributed by atoms with Gasteiger partial charge in [-0.15, -0.1) is 11.6 Å². The first-order valence-corrected chi connectivity index (χ1v) is 8.46. The highest BCUT2D eigenvalue weighted by Crippen LogP contribution is 2.30. The number of rotatable bonds is 5. The number of imidazole rings is 1. The maximum atomic E-state index is 9.07. The van der Waals surface area contributed by atoms with Gasteiger partial charge in [-0.25, -0.2) is 4.98 Å². The Hall–Kier alpha value is -1.18. The molecule has 1 aromatic heterocycles. The van der Waals surface area contributed by atoms with Gasteiger partial charge in [0.25, 0.3) is 0 Å². The molecule has 2 atom stereocenters. The zero-order chi connectivity index (χ0) is 14.7. The minimum atomic E-state index is -0.148. The average Bonchev–Trinajstić information content (AvgIpc) is 2.83. The number of nitriles is 1. The van der Waals surface area contributed by atoms with Crippen LogP contribution in [0, 0.1) is 11.3 Å². The van der Waals surface area contributed by atoms with Gasteiger partial charge in [0.15, 0.2) is 0 Å². The summed E-state index contributed by atoms with van der Waals surface area (Å²) in [6, 6.07) is 8.11. The van der Waals surface area contributed by atoms with Gasteiger partial charge in [-0.1, -0.05) is 0 Å². The van der Waals surface area contributed by atoms with Crippen LogP contribution in [0.3, 0.4) is 0 Å². The van der Waals surface area contributed by atoms with Gasteiger partial charge in [-0.3, -0.25) is 0 Å². The van der Waals surface area contributed by atoms with Crippen LogP contribution >= 0.6 is 23.4 Å². The molecule has 0 aliphatic heterocycles. The topological polar surface area (TPSA) is 41.6 Å². The summed E-state index contributed by atoms with van der Waals surface area (Å²) in [5.74, 6) is 1.97. The maximum absolute atomic E-state index is 9.07.